The van der Waals surface area contributed by atoms with Crippen LogP contribution in [0.4, 0.5) is 17.7 Å². The third-order valence-corrected chi connectivity index (χ3v) is 5.07. The van der Waals surface area contributed by atoms with E-state index in [1.165, 1.54) is 6.92 Å². The van der Waals surface area contributed by atoms with E-state index in [2.05, 4.69) is 5.10 Å². The monoisotopic (exact) mass is 310 g/mol. The first-order valence-corrected chi connectivity index (χ1v) is 7.09. The fourth-order valence-electron chi connectivity index (χ4n) is 1.87. The van der Waals surface area contributed by atoms with Crippen molar-refractivity contribution in [2.24, 2.45) is 11.0 Å². The van der Waals surface area contributed by atoms with Crippen LogP contribution in [0.25, 0.3) is 0 Å². The summed E-state index contributed by atoms with van der Waals surface area (Å²) in [6.45, 7) is 1.45. The predicted molar refractivity (Wildman–Crippen MR) is 63.0 cm³/mol. The molecule has 20 heavy (non-hydrogen) atoms. The van der Waals surface area contributed by atoms with Crippen molar-refractivity contribution in [1.82, 2.24) is 5.23 Å². The van der Waals surface area contributed by atoms with Crippen molar-refractivity contribution in [3.63, 3.8) is 0 Å². The molecule has 1 aromatic carbocycles. The summed E-state index contributed by atoms with van der Waals surface area (Å²) in [4.78, 5) is -0.379. The molecule has 0 amide bonds. The predicted octanol–water partition coefficient (Wildman–Crippen LogP) is 2.63. The van der Waals surface area contributed by atoms with Crippen LogP contribution in [-0.2, 0) is 16.0 Å². The Hall–Kier alpha value is -1.64. The Balaban J connectivity index is 2.36. The summed E-state index contributed by atoms with van der Waals surface area (Å²) < 4.78 is 74.9. The topological polar surface area (TPSA) is 49.7 Å². The van der Waals surface area contributed by atoms with Crippen LogP contribution < -0.4 is 0 Å². The van der Waals surface area contributed by atoms with Gasteiger partial charge in [0.2, 0.25) is 9.84 Å². The molecule has 0 bridgehead atoms. The zero-order chi connectivity index (χ0) is 15.1. The molecule has 0 radical (unpaired) electrons. The molecule has 4 nitrogen and oxygen atoms in total. The van der Waals surface area contributed by atoms with Gasteiger partial charge in [-0.25, -0.2) is 8.42 Å². The van der Waals surface area contributed by atoms with Crippen LogP contribution >= 0.6 is 0 Å². The second-order valence-corrected chi connectivity index (χ2v) is 6.41. The Bertz CT molecular complexity index is 613. The summed E-state index contributed by atoms with van der Waals surface area (Å²) in [5, 5.41) is 1.48. The summed E-state index contributed by atoms with van der Waals surface area (Å²) in [7, 11) is -4.14. The van der Waals surface area contributed by atoms with E-state index in [-0.39, 0.29) is 10.1 Å². The first-order valence-electron chi connectivity index (χ1n) is 5.54. The lowest BCUT2D eigenvalue weighted by Gasteiger charge is -2.19. The number of hydrogen-bond donors (Lipinski definition) is 0. The molecule has 1 aliphatic rings. The van der Waals surface area contributed by atoms with Crippen molar-refractivity contribution in [2.45, 2.75) is 23.4 Å². The highest BCUT2D eigenvalue weighted by molar-refractivity contribution is 7.92. The van der Waals surface area contributed by atoms with Crippen LogP contribution in [0.5, 0.6) is 0 Å². The number of halogens is 4. The highest BCUT2D eigenvalue weighted by Crippen LogP contribution is 2.32. The first kappa shape index (κ1) is 14.8. The Kier molecular flexibility index (Phi) is 3.49. The number of hydrazone groups is 1. The van der Waals surface area contributed by atoms with Crippen molar-refractivity contribution in [2.75, 3.05) is 0 Å². The Morgan fingerprint density at radius 1 is 1.20 bits per heavy atom. The maximum Gasteiger partial charge on any atom is 0.416 e. The number of sulfone groups is 1. The van der Waals surface area contributed by atoms with Crippen LogP contribution in [0.1, 0.15) is 12.5 Å². The third kappa shape index (κ3) is 2.49. The van der Waals surface area contributed by atoms with Gasteiger partial charge in [0.1, 0.15) is 0 Å². The molecule has 1 aliphatic heterocycles. The quantitative estimate of drug-likeness (QED) is 0.623. The van der Waals surface area contributed by atoms with Gasteiger partial charge < -0.3 is 0 Å². The van der Waals surface area contributed by atoms with E-state index in [0.717, 1.165) is 18.3 Å². The van der Waals surface area contributed by atoms with Gasteiger partial charge in [-0.1, -0.05) is 11.4 Å². The van der Waals surface area contributed by atoms with Gasteiger partial charge in [0.15, 0.2) is 5.37 Å². The number of alkyl halides is 3. The van der Waals surface area contributed by atoms with Crippen LogP contribution in [0.2, 0.25) is 0 Å². The minimum atomic E-state index is -4.56. The van der Waals surface area contributed by atoms with E-state index in [4.69, 9.17) is 0 Å². The lowest BCUT2D eigenvalue weighted by Crippen LogP contribution is -2.34. The van der Waals surface area contributed by atoms with Crippen LogP contribution in [0, 0.1) is 5.92 Å². The molecule has 0 N–H and O–H groups in total. The van der Waals surface area contributed by atoms with E-state index < -0.39 is 32.9 Å². The third-order valence-electron chi connectivity index (χ3n) is 2.90. The maximum absolute atomic E-state index is 13.4. The van der Waals surface area contributed by atoms with Gasteiger partial charge in [-0.05, 0) is 24.3 Å². The van der Waals surface area contributed by atoms with Crippen molar-refractivity contribution >= 4 is 16.1 Å². The van der Waals surface area contributed by atoms with E-state index in [1.54, 1.807) is 0 Å². The van der Waals surface area contributed by atoms with Gasteiger partial charge in [0.05, 0.1) is 10.5 Å². The maximum atomic E-state index is 13.4. The Morgan fingerprint density at radius 2 is 1.75 bits per heavy atom. The molecule has 0 fully saturated rings. The summed E-state index contributed by atoms with van der Waals surface area (Å²) >= 11 is 0. The number of benzene rings is 1. The molecular formula is C11H10F4N2O2S. The summed E-state index contributed by atoms with van der Waals surface area (Å²) in [6.07, 6.45) is -3.43. The molecule has 2 rings (SSSR count). The van der Waals surface area contributed by atoms with E-state index in [0.29, 0.717) is 12.1 Å². The van der Waals surface area contributed by atoms with Gasteiger partial charge >= 0.3 is 6.18 Å². The minimum absolute atomic E-state index is 0.197. The zero-order valence-electron chi connectivity index (χ0n) is 10.2. The number of rotatable bonds is 2. The van der Waals surface area contributed by atoms with E-state index >= 15 is 0 Å². The molecule has 2 atom stereocenters. The fraction of sp³-hybridized carbons (Fsp3) is 0.364. The minimum Gasteiger partial charge on any atom is -0.221 e. The molecular weight excluding hydrogens is 300 g/mol. The molecule has 110 valence electrons. The standard InChI is InChI=1S/C11H10F4N2O2S/c1-7-6-16-17(15)10(7)20(18,19)9-4-2-8(3-5-9)11(12,13)14/h2-7,10H,1H3. The zero-order valence-corrected chi connectivity index (χ0v) is 11.0. The van der Waals surface area contributed by atoms with Crippen LogP contribution in [-0.4, -0.2) is 25.2 Å². The number of nitrogens with zero attached hydrogens (tertiary/aromatic N) is 2. The molecule has 1 heterocycles. The highest BCUT2D eigenvalue weighted by atomic mass is 32.2. The lowest BCUT2D eigenvalue weighted by molar-refractivity contribution is -0.137. The van der Waals surface area contributed by atoms with Crippen LogP contribution in [0.3, 0.4) is 0 Å². The Morgan fingerprint density at radius 3 is 2.15 bits per heavy atom. The van der Waals surface area contributed by atoms with Gasteiger partial charge in [-0.15, -0.1) is 5.23 Å². The second kappa shape index (κ2) is 4.72. The van der Waals surface area contributed by atoms with Crippen molar-refractivity contribution in [3.05, 3.63) is 29.8 Å². The molecule has 0 saturated heterocycles. The molecule has 9 heteroatoms. The molecule has 1 aromatic rings. The number of hydrogen-bond acceptors (Lipinski definition) is 4. The first-order chi connectivity index (χ1) is 9.14. The van der Waals surface area contributed by atoms with Crippen molar-refractivity contribution in [3.8, 4) is 0 Å². The van der Waals surface area contributed by atoms with Crippen LogP contribution in [0.15, 0.2) is 34.3 Å². The highest BCUT2D eigenvalue weighted by Gasteiger charge is 2.41. The fourth-order valence-corrected chi connectivity index (χ4v) is 3.59. The normalized spacial score (nSPS) is 23.4. The molecule has 0 aliphatic carbocycles. The van der Waals surface area contributed by atoms with Crippen molar-refractivity contribution in [1.29, 1.82) is 0 Å². The smallest absolute Gasteiger partial charge is 0.221 e. The SMILES string of the molecule is CC1C=NN(F)C1S(=O)(=O)c1ccc(C(F)(F)F)cc1. The van der Waals surface area contributed by atoms with E-state index in [9.17, 15) is 26.1 Å². The molecule has 0 aromatic heterocycles. The summed E-state index contributed by atoms with van der Waals surface area (Å²) in [6, 6.07) is 2.93. The average Bonchev–Trinajstić information content (AvgIpc) is 2.68. The van der Waals surface area contributed by atoms with Gasteiger partial charge in [-0.3, -0.25) is 0 Å². The summed E-state index contributed by atoms with van der Waals surface area (Å²) in [5.41, 5.74) is -0.968. The molecule has 2 unspecified atom stereocenters. The average molecular weight is 310 g/mol. The van der Waals surface area contributed by atoms with Crippen molar-refractivity contribution < 1.29 is 26.1 Å². The second-order valence-electron chi connectivity index (χ2n) is 4.37. The van der Waals surface area contributed by atoms with Gasteiger partial charge in [0.25, 0.3) is 0 Å². The molecule has 0 spiro atoms. The Labute approximate surface area is 112 Å². The van der Waals surface area contributed by atoms with E-state index in [1.807, 2.05) is 0 Å². The largest absolute Gasteiger partial charge is 0.416 e. The van der Waals surface area contributed by atoms with Gasteiger partial charge in [-0.2, -0.15) is 18.3 Å². The van der Waals surface area contributed by atoms with Gasteiger partial charge in [0, 0.05) is 12.1 Å². The summed E-state index contributed by atoms with van der Waals surface area (Å²) in [5.74, 6) is -0.702. The lowest BCUT2D eigenvalue weighted by atomic mass is 10.2. The molecule has 0 saturated carbocycles.